The van der Waals surface area contributed by atoms with Gasteiger partial charge in [-0.15, -0.1) is 0 Å². The highest BCUT2D eigenvalue weighted by Gasteiger charge is 2.24. The molecule has 20 heavy (non-hydrogen) atoms. The largest absolute Gasteiger partial charge is 0.366 e. The number of amides is 1. The third kappa shape index (κ3) is 2.61. The lowest BCUT2D eigenvalue weighted by Gasteiger charge is -2.11. The highest BCUT2D eigenvalue weighted by atomic mass is 19.1. The SMILES string of the molecule is NC(=O)c1ccc(F)cc1Nc1cncc(C2CC2)c1. The fourth-order valence-corrected chi connectivity index (χ4v) is 2.16. The van der Waals surface area contributed by atoms with E-state index in [-0.39, 0.29) is 5.56 Å². The molecule has 1 aromatic carbocycles. The Morgan fingerprint density at radius 3 is 2.80 bits per heavy atom. The summed E-state index contributed by atoms with van der Waals surface area (Å²) < 4.78 is 13.3. The summed E-state index contributed by atoms with van der Waals surface area (Å²) >= 11 is 0. The fourth-order valence-electron chi connectivity index (χ4n) is 2.16. The summed E-state index contributed by atoms with van der Waals surface area (Å²) in [6.45, 7) is 0. The van der Waals surface area contributed by atoms with E-state index in [1.54, 1.807) is 6.20 Å². The Labute approximate surface area is 115 Å². The number of hydrogen-bond acceptors (Lipinski definition) is 3. The zero-order valence-corrected chi connectivity index (χ0v) is 10.8. The van der Waals surface area contributed by atoms with E-state index in [4.69, 9.17) is 5.73 Å². The predicted octanol–water partition coefficient (Wildman–Crippen LogP) is 2.94. The smallest absolute Gasteiger partial charge is 0.250 e. The highest BCUT2D eigenvalue weighted by Crippen LogP contribution is 2.40. The maximum absolute atomic E-state index is 13.3. The van der Waals surface area contributed by atoms with Gasteiger partial charge in [-0.1, -0.05) is 0 Å². The monoisotopic (exact) mass is 271 g/mol. The molecular weight excluding hydrogens is 257 g/mol. The van der Waals surface area contributed by atoms with Gasteiger partial charge in [-0.2, -0.15) is 0 Å². The molecule has 3 N–H and O–H groups in total. The summed E-state index contributed by atoms with van der Waals surface area (Å²) in [5, 5.41) is 3.01. The van der Waals surface area contributed by atoms with E-state index in [0.717, 1.165) is 11.3 Å². The average Bonchev–Trinajstić information content (AvgIpc) is 3.23. The van der Waals surface area contributed by atoms with Crippen LogP contribution in [0.25, 0.3) is 0 Å². The van der Waals surface area contributed by atoms with Crippen LogP contribution in [0.2, 0.25) is 0 Å². The van der Waals surface area contributed by atoms with Gasteiger partial charge in [0, 0.05) is 6.20 Å². The van der Waals surface area contributed by atoms with Crippen molar-refractivity contribution in [2.75, 3.05) is 5.32 Å². The van der Waals surface area contributed by atoms with Crippen molar-refractivity contribution in [1.29, 1.82) is 0 Å². The quantitative estimate of drug-likeness (QED) is 0.898. The first-order valence-electron chi connectivity index (χ1n) is 6.45. The van der Waals surface area contributed by atoms with Crippen molar-refractivity contribution in [3.63, 3.8) is 0 Å². The first kappa shape index (κ1) is 12.6. The third-order valence-electron chi connectivity index (χ3n) is 3.33. The maximum atomic E-state index is 13.3. The molecule has 3 rings (SSSR count). The van der Waals surface area contributed by atoms with E-state index in [2.05, 4.69) is 10.3 Å². The second kappa shape index (κ2) is 4.92. The normalized spacial score (nSPS) is 14.1. The van der Waals surface area contributed by atoms with Gasteiger partial charge in [-0.3, -0.25) is 9.78 Å². The molecule has 102 valence electrons. The minimum atomic E-state index is -0.598. The van der Waals surface area contributed by atoms with Crippen LogP contribution in [-0.4, -0.2) is 10.9 Å². The number of nitrogens with one attached hydrogen (secondary N) is 1. The number of aromatic nitrogens is 1. The molecule has 1 amide bonds. The Balaban J connectivity index is 1.92. The zero-order valence-electron chi connectivity index (χ0n) is 10.8. The van der Waals surface area contributed by atoms with Crippen LogP contribution in [0.3, 0.4) is 0 Å². The summed E-state index contributed by atoms with van der Waals surface area (Å²) in [6, 6.07) is 5.81. The average molecular weight is 271 g/mol. The van der Waals surface area contributed by atoms with Crippen molar-refractivity contribution in [3.05, 3.63) is 53.6 Å². The van der Waals surface area contributed by atoms with E-state index < -0.39 is 11.7 Å². The van der Waals surface area contributed by atoms with Crippen LogP contribution < -0.4 is 11.1 Å². The van der Waals surface area contributed by atoms with Crippen LogP contribution in [0.15, 0.2) is 36.7 Å². The Bertz CT molecular complexity index is 668. The molecule has 1 aliphatic rings. The molecule has 2 aromatic rings. The standard InChI is InChI=1S/C15H14FN3O/c16-11-3-4-13(15(17)20)14(6-11)19-12-5-10(7-18-8-12)9-1-2-9/h3-9,19H,1-2H2,(H2,17,20). The van der Waals surface area contributed by atoms with Crippen molar-refractivity contribution < 1.29 is 9.18 Å². The highest BCUT2D eigenvalue weighted by molar-refractivity contribution is 5.99. The molecular formula is C15H14FN3O. The topological polar surface area (TPSA) is 68.0 Å². The number of nitrogens with two attached hydrogens (primary N) is 1. The Morgan fingerprint density at radius 1 is 1.30 bits per heavy atom. The van der Waals surface area contributed by atoms with E-state index in [1.165, 1.54) is 31.0 Å². The summed E-state index contributed by atoms with van der Waals surface area (Å²) in [4.78, 5) is 15.5. The van der Waals surface area contributed by atoms with Gasteiger partial charge in [0.05, 0.1) is 23.1 Å². The molecule has 1 aromatic heterocycles. The number of halogens is 1. The number of nitrogens with zero attached hydrogens (tertiary/aromatic N) is 1. The number of hydrogen-bond donors (Lipinski definition) is 2. The van der Waals surface area contributed by atoms with Crippen LogP contribution in [0.5, 0.6) is 0 Å². The van der Waals surface area contributed by atoms with Gasteiger partial charge in [0.25, 0.3) is 5.91 Å². The number of primary amides is 1. The molecule has 5 heteroatoms. The first-order valence-corrected chi connectivity index (χ1v) is 6.45. The van der Waals surface area contributed by atoms with E-state index in [9.17, 15) is 9.18 Å². The fraction of sp³-hybridized carbons (Fsp3) is 0.200. The van der Waals surface area contributed by atoms with Gasteiger partial charge in [0.2, 0.25) is 0 Å². The first-order chi connectivity index (χ1) is 9.63. The Morgan fingerprint density at radius 2 is 2.10 bits per heavy atom. The van der Waals surface area contributed by atoms with Gasteiger partial charge in [0.15, 0.2) is 0 Å². The predicted molar refractivity (Wildman–Crippen MR) is 74.4 cm³/mol. The summed E-state index contributed by atoms with van der Waals surface area (Å²) in [5.41, 5.74) is 7.78. The second-order valence-electron chi connectivity index (χ2n) is 4.96. The summed E-state index contributed by atoms with van der Waals surface area (Å²) in [7, 11) is 0. The summed E-state index contributed by atoms with van der Waals surface area (Å²) in [6.07, 6.45) is 5.83. The molecule has 1 fully saturated rings. The minimum absolute atomic E-state index is 0.253. The zero-order chi connectivity index (χ0) is 14.1. The molecule has 4 nitrogen and oxygen atoms in total. The number of benzene rings is 1. The Hall–Kier alpha value is -2.43. The van der Waals surface area contributed by atoms with Gasteiger partial charge >= 0.3 is 0 Å². The van der Waals surface area contributed by atoms with Crippen molar-refractivity contribution >= 4 is 17.3 Å². The number of pyridine rings is 1. The van der Waals surface area contributed by atoms with Crippen molar-refractivity contribution in [3.8, 4) is 0 Å². The van der Waals surface area contributed by atoms with E-state index in [0.29, 0.717) is 11.6 Å². The minimum Gasteiger partial charge on any atom is -0.366 e. The number of carbonyl (C=O) groups is 1. The van der Waals surface area contributed by atoms with E-state index >= 15 is 0 Å². The molecule has 1 saturated carbocycles. The molecule has 0 aliphatic heterocycles. The van der Waals surface area contributed by atoms with Gasteiger partial charge < -0.3 is 11.1 Å². The number of rotatable bonds is 4. The van der Waals surface area contributed by atoms with Crippen LogP contribution >= 0.6 is 0 Å². The molecule has 0 spiro atoms. The van der Waals surface area contributed by atoms with Gasteiger partial charge in [-0.25, -0.2) is 4.39 Å². The van der Waals surface area contributed by atoms with E-state index in [1.807, 2.05) is 12.3 Å². The number of anilines is 2. The third-order valence-corrected chi connectivity index (χ3v) is 3.33. The Kier molecular flexibility index (Phi) is 3.10. The van der Waals surface area contributed by atoms with Gasteiger partial charge in [-0.05, 0) is 48.6 Å². The lowest BCUT2D eigenvalue weighted by Crippen LogP contribution is -2.13. The van der Waals surface area contributed by atoms with Crippen LogP contribution in [0.1, 0.15) is 34.7 Å². The van der Waals surface area contributed by atoms with Crippen molar-refractivity contribution in [2.24, 2.45) is 5.73 Å². The van der Waals surface area contributed by atoms with Crippen LogP contribution in [0, 0.1) is 5.82 Å². The molecule has 1 heterocycles. The second-order valence-corrected chi connectivity index (χ2v) is 4.96. The lowest BCUT2D eigenvalue weighted by molar-refractivity contribution is 0.100. The molecule has 0 saturated heterocycles. The molecule has 0 atom stereocenters. The van der Waals surface area contributed by atoms with Crippen molar-refractivity contribution in [2.45, 2.75) is 18.8 Å². The van der Waals surface area contributed by atoms with Crippen LogP contribution in [0.4, 0.5) is 15.8 Å². The molecule has 0 bridgehead atoms. The maximum Gasteiger partial charge on any atom is 0.250 e. The van der Waals surface area contributed by atoms with Crippen LogP contribution in [-0.2, 0) is 0 Å². The molecule has 0 unspecified atom stereocenters. The van der Waals surface area contributed by atoms with Gasteiger partial charge in [0.1, 0.15) is 5.82 Å². The summed E-state index contributed by atoms with van der Waals surface area (Å²) in [5.74, 6) is -0.449. The molecule has 1 aliphatic carbocycles. The lowest BCUT2D eigenvalue weighted by atomic mass is 10.1. The molecule has 0 radical (unpaired) electrons. The number of carbonyl (C=O) groups excluding carboxylic acids is 1. The van der Waals surface area contributed by atoms with Crippen molar-refractivity contribution in [1.82, 2.24) is 4.98 Å².